The summed E-state index contributed by atoms with van der Waals surface area (Å²) in [6.07, 6.45) is -3.93. The average Bonchev–Trinajstić information content (AvgIpc) is 3.02. The van der Waals surface area contributed by atoms with E-state index in [4.69, 9.17) is 4.74 Å². The standard InChI is InChI=1S/C21H22F3NO2S/c1-14(28-19-5-3-4-17(11-19)21(22,23)24)16-10-20(26)25(13-16)12-15-6-8-18(27-2)9-7-15/h3-9,11,14,16H,10,12-13H2,1-2H3. The zero-order valence-electron chi connectivity index (χ0n) is 15.7. The lowest BCUT2D eigenvalue weighted by atomic mass is 10.1. The molecule has 0 spiro atoms. The van der Waals surface area contributed by atoms with Crippen molar-refractivity contribution in [1.29, 1.82) is 0 Å². The SMILES string of the molecule is COc1ccc(CN2CC(C(C)Sc3cccc(C(F)(F)F)c3)CC2=O)cc1. The van der Waals surface area contributed by atoms with Gasteiger partial charge in [0, 0.05) is 29.7 Å². The zero-order chi connectivity index (χ0) is 20.3. The van der Waals surface area contributed by atoms with Gasteiger partial charge in [-0.2, -0.15) is 13.2 Å². The van der Waals surface area contributed by atoms with Crippen molar-refractivity contribution >= 4 is 17.7 Å². The molecule has 0 N–H and O–H groups in total. The van der Waals surface area contributed by atoms with Gasteiger partial charge in [0.1, 0.15) is 5.75 Å². The summed E-state index contributed by atoms with van der Waals surface area (Å²) in [5.41, 5.74) is 0.376. The second kappa shape index (κ2) is 8.47. The summed E-state index contributed by atoms with van der Waals surface area (Å²) in [6, 6.07) is 12.9. The van der Waals surface area contributed by atoms with Crippen LogP contribution in [0.5, 0.6) is 5.75 Å². The van der Waals surface area contributed by atoms with Crippen LogP contribution in [0.15, 0.2) is 53.4 Å². The van der Waals surface area contributed by atoms with Crippen molar-refractivity contribution in [1.82, 2.24) is 4.90 Å². The third kappa shape index (κ3) is 5.01. The molecule has 1 aliphatic rings. The quantitative estimate of drug-likeness (QED) is 0.611. The molecule has 0 aliphatic carbocycles. The Bertz CT molecular complexity index is 823. The Morgan fingerprint density at radius 2 is 1.93 bits per heavy atom. The summed E-state index contributed by atoms with van der Waals surface area (Å²) in [5, 5.41) is 0.0355. The van der Waals surface area contributed by atoms with Crippen molar-refractivity contribution in [3.05, 3.63) is 59.7 Å². The Morgan fingerprint density at radius 3 is 2.57 bits per heavy atom. The Balaban J connectivity index is 1.61. The highest BCUT2D eigenvalue weighted by atomic mass is 32.2. The summed E-state index contributed by atoms with van der Waals surface area (Å²) in [4.78, 5) is 14.8. The molecule has 1 amide bonds. The van der Waals surface area contributed by atoms with Crippen LogP contribution in [-0.4, -0.2) is 29.7 Å². The topological polar surface area (TPSA) is 29.5 Å². The lowest BCUT2D eigenvalue weighted by molar-refractivity contribution is -0.137. The number of carbonyl (C=O) groups excluding carboxylic acids is 1. The highest BCUT2D eigenvalue weighted by Gasteiger charge is 2.34. The number of nitrogens with zero attached hydrogens (tertiary/aromatic N) is 1. The van der Waals surface area contributed by atoms with Crippen LogP contribution < -0.4 is 4.74 Å². The number of halogens is 3. The van der Waals surface area contributed by atoms with E-state index in [-0.39, 0.29) is 17.1 Å². The number of alkyl halides is 3. The lowest BCUT2D eigenvalue weighted by Crippen LogP contribution is -2.25. The van der Waals surface area contributed by atoms with Crippen molar-refractivity contribution in [3.8, 4) is 5.75 Å². The Morgan fingerprint density at radius 1 is 1.21 bits per heavy atom. The second-order valence-electron chi connectivity index (χ2n) is 6.94. The molecular formula is C21H22F3NO2S. The maximum Gasteiger partial charge on any atom is 0.416 e. The first kappa shape index (κ1) is 20.6. The number of rotatable bonds is 6. The van der Waals surface area contributed by atoms with Crippen molar-refractivity contribution in [2.24, 2.45) is 5.92 Å². The van der Waals surface area contributed by atoms with Gasteiger partial charge >= 0.3 is 6.18 Å². The number of hydrogen-bond acceptors (Lipinski definition) is 3. The number of thioether (sulfide) groups is 1. The van der Waals surface area contributed by atoms with E-state index in [0.29, 0.717) is 24.4 Å². The van der Waals surface area contributed by atoms with Crippen LogP contribution >= 0.6 is 11.8 Å². The van der Waals surface area contributed by atoms with Crippen LogP contribution in [0.2, 0.25) is 0 Å². The molecule has 0 saturated carbocycles. The predicted octanol–water partition coefficient (Wildman–Crippen LogP) is 5.24. The fraction of sp³-hybridized carbons (Fsp3) is 0.381. The van der Waals surface area contributed by atoms with Crippen LogP contribution in [0.4, 0.5) is 13.2 Å². The maximum absolute atomic E-state index is 12.9. The van der Waals surface area contributed by atoms with E-state index in [1.165, 1.54) is 23.9 Å². The monoisotopic (exact) mass is 409 g/mol. The number of amides is 1. The molecule has 150 valence electrons. The third-order valence-electron chi connectivity index (χ3n) is 4.92. The van der Waals surface area contributed by atoms with Crippen LogP contribution in [-0.2, 0) is 17.5 Å². The van der Waals surface area contributed by atoms with E-state index in [9.17, 15) is 18.0 Å². The van der Waals surface area contributed by atoms with Gasteiger partial charge in [-0.15, -0.1) is 11.8 Å². The smallest absolute Gasteiger partial charge is 0.416 e. The zero-order valence-corrected chi connectivity index (χ0v) is 16.5. The minimum absolute atomic E-state index is 0.0355. The van der Waals surface area contributed by atoms with Crippen LogP contribution in [0, 0.1) is 5.92 Å². The van der Waals surface area contributed by atoms with Crippen LogP contribution in [0.3, 0.4) is 0 Å². The summed E-state index contributed by atoms with van der Waals surface area (Å²) in [6.45, 7) is 3.11. The van der Waals surface area contributed by atoms with E-state index < -0.39 is 11.7 Å². The summed E-state index contributed by atoms with van der Waals surface area (Å²) in [7, 11) is 1.60. The summed E-state index contributed by atoms with van der Waals surface area (Å²) >= 11 is 1.39. The summed E-state index contributed by atoms with van der Waals surface area (Å²) < 4.78 is 43.8. The molecule has 1 saturated heterocycles. The number of carbonyl (C=O) groups is 1. The van der Waals surface area contributed by atoms with Gasteiger partial charge in [0.25, 0.3) is 0 Å². The Hall–Kier alpha value is -2.15. The lowest BCUT2D eigenvalue weighted by Gasteiger charge is -2.20. The van der Waals surface area contributed by atoms with Crippen LogP contribution in [0.25, 0.3) is 0 Å². The van der Waals surface area contributed by atoms with Crippen molar-refractivity contribution in [2.45, 2.75) is 36.2 Å². The number of ether oxygens (including phenoxy) is 1. The maximum atomic E-state index is 12.9. The molecule has 1 aliphatic heterocycles. The van der Waals surface area contributed by atoms with E-state index in [1.54, 1.807) is 13.2 Å². The van der Waals surface area contributed by atoms with E-state index in [2.05, 4.69) is 0 Å². The van der Waals surface area contributed by atoms with E-state index in [0.717, 1.165) is 17.4 Å². The molecule has 1 heterocycles. The molecule has 2 aromatic carbocycles. The fourth-order valence-electron chi connectivity index (χ4n) is 3.28. The van der Waals surface area contributed by atoms with Gasteiger partial charge in [0.15, 0.2) is 0 Å². The number of likely N-dealkylation sites (tertiary alicyclic amines) is 1. The highest BCUT2D eigenvalue weighted by molar-refractivity contribution is 8.00. The molecule has 2 atom stereocenters. The minimum Gasteiger partial charge on any atom is -0.497 e. The molecule has 0 bridgehead atoms. The highest BCUT2D eigenvalue weighted by Crippen LogP contribution is 2.37. The van der Waals surface area contributed by atoms with Gasteiger partial charge in [-0.05, 0) is 41.8 Å². The first-order valence-electron chi connectivity index (χ1n) is 9.01. The molecule has 1 fully saturated rings. The van der Waals surface area contributed by atoms with E-state index >= 15 is 0 Å². The normalized spacial score (nSPS) is 18.4. The number of benzene rings is 2. The number of methoxy groups -OCH3 is 1. The van der Waals surface area contributed by atoms with Gasteiger partial charge in [0.2, 0.25) is 5.91 Å². The molecular weight excluding hydrogens is 387 g/mol. The molecule has 0 radical (unpaired) electrons. The molecule has 0 aromatic heterocycles. The van der Waals surface area contributed by atoms with Crippen molar-refractivity contribution in [2.75, 3.05) is 13.7 Å². The van der Waals surface area contributed by atoms with Crippen molar-refractivity contribution in [3.63, 3.8) is 0 Å². The Kier molecular flexibility index (Phi) is 6.23. The van der Waals surface area contributed by atoms with Crippen LogP contribution in [0.1, 0.15) is 24.5 Å². The van der Waals surface area contributed by atoms with Crippen molar-refractivity contribution < 1.29 is 22.7 Å². The van der Waals surface area contributed by atoms with Gasteiger partial charge in [-0.25, -0.2) is 0 Å². The third-order valence-corrected chi connectivity index (χ3v) is 6.21. The fourth-order valence-corrected chi connectivity index (χ4v) is 4.43. The number of hydrogen-bond donors (Lipinski definition) is 0. The minimum atomic E-state index is -4.35. The second-order valence-corrected chi connectivity index (χ2v) is 8.39. The molecule has 2 unspecified atom stereocenters. The van der Waals surface area contributed by atoms with Gasteiger partial charge in [0.05, 0.1) is 12.7 Å². The first-order valence-corrected chi connectivity index (χ1v) is 9.89. The molecule has 2 aromatic rings. The molecule has 3 rings (SSSR count). The predicted molar refractivity (Wildman–Crippen MR) is 103 cm³/mol. The van der Waals surface area contributed by atoms with Gasteiger partial charge in [-0.3, -0.25) is 4.79 Å². The molecule has 28 heavy (non-hydrogen) atoms. The van der Waals surface area contributed by atoms with Gasteiger partial charge < -0.3 is 9.64 Å². The molecule has 7 heteroatoms. The largest absolute Gasteiger partial charge is 0.497 e. The average molecular weight is 409 g/mol. The molecule has 3 nitrogen and oxygen atoms in total. The van der Waals surface area contributed by atoms with Gasteiger partial charge in [-0.1, -0.05) is 25.1 Å². The summed E-state index contributed by atoms with van der Waals surface area (Å²) in [5.74, 6) is 0.947. The Labute approximate surface area is 166 Å². The van der Waals surface area contributed by atoms with E-state index in [1.807, 2.05) is 36.1 Å². The first-order chi connectivity index (χ1) is 13.3.